The molecule has 1 aromatic rings. The van der Waals surface area contributed by atoms with Crippen molar-refractivity contribution in [1.29, 1.82) is 0 Å². The number of carbonyl (C=O) groups excluding carboxylic acids is 3. The van der Waals surface area contributed by atoms with E-state index in [0.717, 1.165) is 32.1 Å². The van der Waals surface area contributed by atoms with Crippen LogP contribution in [0.1, 0.15) is 88.6 Å². The minimum Gasteiger partial charge on any atom is -0.342 e. The van der Waals surface area contributed by atoms with Gasteiger partial charge >= 0.3 is 0 Å². The molecule has 2 aliphatic rings. The lowest BCUT2D eigenvalue weighted by atomic mass is 9.82. The number of likely N-dealkylation sites (tertiary alicyclic amines) is 1. The third-order valence-corrected chi connectivity index (χ3v) is 6.94. The van der Waals surface area contributed by atoms with Crippen molar-refractivity contribution < 1.29 is 23.2 Å². The number of alkyl halides is 1. The molecule has 1 saturated heterocycles. The summed E-state index contributed by atoms with van der Waals surface area (Å²) < 4.78 is 31.6. The van der Waals surface area contributed by atoms with E-state index >= 15 is 8.78 Å². The van der Waals surface area contributed by atoms with Crippen LogP contribution < -0.4 is 5.32 Å². The van der Waals surface area contributed by atoms with Gasteiger partial charge in [-0.2, -0.15) is 0 Å². The van der Waals surface area contributed by atoms with Crippen molar-refractivity contribution in [3.63, 3.8) is 0 Å². The molecule has 0 radical (unpaired) electrons. The Morgan fingerprint density at radius 3 is 2.39 bits per heavy atom. The van der Waals surface area contributed by atoms with E-state index in [-0.39, 0.29) is 41.7 Å². The van der Waals surface area contributed by atoms with Gasteiger partial charge in [-0.25, -0.2) is 8.78 Å². The highest BCUT2D eigenvalue weighted by Crippen LogP contribution is 2.39. The summed E-state index contributed by atoms with van der Waals surface area (Å²) in [5.74, 6) is -1.93. The second-order valence-electron chi connectivity index (χ2n) is 10.7. The number of nitrogens with one attached hydrogen (secondary N) is 1. The average molecular weight is 463 g/mol. The maximum absolute atomic E-state index is 16.1. The summed E-state index contributed by atoms with van der Waals surface area (Å²) in [7, 11) is 0. The fraction of sp³-hybridized carbons (Fsp3) is 0.654. The second-order valence-corrected chi connectivity index (χ2v) is 10.7. The SMILES string of the molecule is CC(=O)[C@H](NC(=O)c1cccc([C@@]2(F)CCCN(C(=O)C(C)(C)C)C2)c1F)C1CCCCC1. The van der Waals surface area contributed by atoms with E-state index in [1.54, 1.807) is 20.8 Å². The Bertz CT molecular complexity index is 905. The van der Waals surface area contributed by atoms with Gasteiger partial charge in [0.1, 0.15) is 5.82 Å². The van der Waals surface area contributed by atoms with Crippen LogP contribution in [0.4, 0.5) is 8.78 Å². The molecule has 5 nitrogen and oxygen atoms in total. The molecule has 0 bridgehead atoms. The average Bonchev–Trinajstić information content (AvgIpc) is 2.76. The Hall–Kier alpha value is -2.31. The van der Waals surface area contributed by atoms with Crippen LogP contribution in [0.15, 0.2) is 18.2 Å². The fourth-order valence-corrected chi connectivity index (χ4v) is 5.17. The van der Waals surface area contributed by atoms with E-state index in [1.165, 1.54) is 30.0 Å². The number of nitrogens with zero attached hydrogens (tertiary/aromatic N) is 1. The molecule has 2 amide bonds. The van der Waals surface area contributed by atoms with Gasteiger partial charge in [0.15, 0.2) is 11.5 Å². The van der Waals surface area contributed by atoms with E-state index in [9.17, 15) is 14.4 Å². The first-order chi connectivity index (χ1) is 15.4. The Morgan fingerprint density at radius 2 is 1.79 bits per heavy atom. The minimum atomic E-state index is -2.08. The monoisotopic (exact) mass is 462 g/mol. The van der Waals surface area contributed by atoms with Crippen molar-refractivity contribution in [3.8, 4) is 0 Å². The summed E-state index contributed by atoms with van der Waals surface area (Å²) in [5.41, 5.74) is -3.23. The number of ketones is 1. The molecule has 1 N–H and O–H groups in total. The van der Waals surface area contributed by atoms with Crippen LogP contribution in [-0.4, -0.2) is 41.6 Å². The fourth-order valence-electron chi connectivity index (χ4n) is 5.17. The van der Waals surface area contributed by atoms with Crippen molar-refractivity contribution in [2.24, 2.45) is 11.3 Å². The third kappa shape index (κ3) is 5.61. The number of carbonyl (C=O) groups is 3. The highest BCUT2D eigenvalue weighted by molar-refractivity contribution is 5.98. The first kappa shape index (κ1) is 25.3. The Labute approximate surface area is 195 Å². The number of halogens is 2. The summed E-state index contributed by atoms with van der Waals surface area (Å²) in [5, 5.41) is 2.72. The number of rotatable bonds is 5. The Morgan fingerprint density at radius 1 is 1.12 bits per heavy atom. The van der Waals surface area contributed by atoms with Gasteiger partial charge in [0.2, 0.25) is 5.91 Å². The van der Waals surface area contributed by atoms with Crippen LogP contribution in [0, 0.1) is 17.2 Å². The van der Waals surface area contributed by atoms with Crippen molar-refractivity contribution in [2.75, 3.05) is 13.1 Å². The van der Waals surface area contributed by atoms with Crippen LogP contribution in [0.5, 0.6) is 0 Å². The first-order valence-corrected chi connectivity index (χ1v) is 12.0. The van der Waals surface area contributed by atoms with Crippen LogP contribution in [0.2, 0.25) is 0 Å². The van der Waals surface area contributed by atoms with E-state index in [0.29, 0.717) is 13.0 Å². The normalized spacial score (nSPS) is 23.2. The van der Waals surface area contributed by atoms with E-state index in [4.69, 9.17) is 0 Å². The topological polar surface area (TPSA) is 66.5 Å². The van der Waals surface area contributed by atoms with Gasteiger partial charge in [0, 0.05) is 17.5 Å². The molecule has 1 aliphatic heterocycles. The highest BCUT2D eigenvalue weighted by Gasteiger charge is 2.43. The lowest BCUT2D eigenvalue weighted by Gasteiger charge is -2.40. The number of amides is 2. The van der Waals surface area contributed by atoms with E-state index in [2.05, 4.69) is 5.32 Å². The van der Waals surface area contributed by atoms with E-state index in [1.807, 2.05) is 0 Å². The van der Waals surface area contributed by atoms with Crippen LogP contribution in [-0.2, 0) is 15.3 Å². The lowest BCUT2D eigenvalue weighted by molar-refractivity contribution is -0.144. The molecular weight excluding hydrogens is 426 g/mol. The number of piperidine rings is 1. The predicted molar refractivity (Wildman–Crippen MR) is 123 cm³/mol. The maximum Gasteiger partial charge on any atom is 0.254 e. The van der Waals surface area contributed by atoms with E-state index < -0.39 is 28.8 Å². The van der Waals surface area contributed by atoms with Gasteiger partial charge < -0.3 is 10.2 Å². The lowest BCUT2D eigenvalue weighted by Crippen LogP contribution is -2.50. The van der Waals surface area contributed by atoms with Crippen molar-refractivity contribution in [3.05, 3.63) is 35.1 Å². The molecule has 0 aromatic heterocycles. The zero-order chi connectivity index (χ0) is 24.4. The third-order valence-electron chi connectivity index (χ3n) is 6.94. The summed E-state index contributed by atoms with van der Waals surface area (Å²) in [6.45, 7) is 6.92. The number of hydrogen-bond acceptors (Lipinski definition) is 3. The standard InChI is InChI=1S/C26H36F2N2O3/c1-17(31)22(18-10-6-5-7-11-18)29-23(32)19-12-8-13-20(21(19)27)26(28)14-9-15-30(16-26)24(33)25(2,3)4/h8,12-13,18,22H,5-7,9-11,14-16H2,1-4H3,(H,29,32)/t22-,26+/m0/s1. The zero-order valence-electron chi connectivity index (χ0n) is 20.2. The van der Waals surface area contributed by atoms with Gasteiger partial charge in [-0.3, -0.25) is 14.4 Å². The quantitative estimate of drug-likeness (QED) is 0.675. The van der Waals surface area contributed by atoms with Gasteiger partial charge in [0.25, 0.3) is 5.91 Å². The molecule has 2 atom stereocenters. The summed E-state index contributed by atoms with van der Waals surface area (Å²) in [6, 6.07) is 3.45. The summed E-state index contributed by atoms with van der Waals surface area (Å²) in [6.07, 6.45) is 5.28. The number of Topliss-reactive ketones (excluding diaryl/α,β-unsaturated/α-hetero) is 1. The van der Waals surface area contributed by atoms with Crippen LogP contribution >= 0.6 is 0 Å². The second kappa shape index (κ2) is 9.90. The highest BCUT2D eigenvalue weighted by atomic mass is 19.1. The van der Waals surface area contributed by atoms with Gasteiger partial charge in [0.05, 0.1) is 18.2 Å². The molecule has 1 aromatic carbocycles. The van der Waals surface area contributed by atoms with Gasteiger partial charge in [-0.1, -0.05) is 52.2 Å². The van der Waals surface area contributed by atoms with Crippen molar-refractivity contribution >= 4 is 17.6 Å². The molecule has 0 unspecified atom stereocenters. The number of benzene rings is 1. The summed E-state index contributed by atoms with van der Waals surface area (Å²) >= 11 is 0. The summed E-state index contributed by atoms with van der Waals surface area (Å²) in [4.78, 5) is 39.4. The van der Waals surface area contributed by atoms with Crippen LogP contribution in [0.3, 0.4) is 0 Å². The largest absolute Gasteiger partial charge is 0.342 e. The molecule has 7 heteroatoms. The molecule has 33 heavy (non-hydrogen) atoms. The Balaban J connectivity index is 1.84. The molecule has 1 aliphatic carbocycles. The number of hydrogen-bond donors (Lipinski definition) is 1. The predicted octanol–water partition coefficient (Wildman–Crippen LogP) is 4.93. The first-order valence-electron chi connectivity index (χ1n) is 12.0. The van der Waals surface area contributed by atoms with Crippen molar-refractivity contribution in [2.45, 2.75) is 84.4 Å². The van der Waals surface area contributed by atoms with Crippen molar-refractivity contribution in [1.82, 2.24) is 10.2 Å². The zero-order valence-corrected chi connectivity index (χ0v) is 20.2. The Kier molecular flexibility index (Phi) is 7.59. The smallest absolute Gasteiger partial charge is 0.254 e. The molecule has 0 spiro atoms. The minimum absolute atomic E-state index is 0.0364. The molecule has 2 fully saturated rings. The molecular formula is C26H36F2N2O3. The molecule has 182 valence electrons. The van der Waals surface area contributed by atoms with Gasteiger partial charge in [-0.05, 0) is 44.6 Å². The molecule has 1 heterocycles. The van der Waals surface area contributed by atoms with Gasteiger partial charge in [-0.15, -0.1) is 0 Å². The van der Waals surface area contributed by atoms with Crippen LogP contribution in [0.25, 0.3) is 0 Å². The molecule has 3 rings (SSSR count). The maximum atomic E-state index is 16.1. The molecule has 1 saturated carbocycles.